The molecule has 0 aromatic heterocycles. The van der Waals surface area contributed by atoms with Crippen LogP contribution in [0.1, 0.15) is 31.4 Å². The maximum Gasteiger partial charge on any atom is 0.326 e. The van der Waals surface area contributed by atoms with E-state index in [1.54, 1.807) is 0 Å². The van der Waals surface area contributed by atoms with Gasteiger partial charge in [0.25, 0.3) is 0 Å². The average Bonchev–Trinajstić information content (AvgIpc) is 2.44. The number of carboxylic acids is 1. The molecule has 0 saturated heterocycles. The van der Waals surface area contributed by atoms with E-state index in [2.05, 4.69) is 0 Å². The molecule has 1 N–H and O–H groups in total. The van der Waals surface area contributed by atoms with Gasteiger partial charge in [0.15, 0.2) is 0 Å². The van der Waals surface area contributed by atoms with Crippen LogP contribution in [0, 0.1) is 5.92 Å². The van der Waals surface area contributed by atoms with Gasteiger partial charge in [-0.15, -0.1) is 0 Å². The largest absolute Gasteiger partial charge is 0.480 e. The SMILES string of the molecule is CCC(C)C(=O)N1Cc2ccccc2CC1C(=O)O. The van der Waals surface area contributed by atoms with Gasteiger partial charge in [-0.2, -0.15) is 0 Å². The van der Waals surface area contributed by atoms with E-state index in [1.807, 2.05) is 38.1 Å². The summed E-state index contributed by atoms with van der Waals surface area (Å²) in [7, 11) is 0. The van der Waals surface area contributed by atoms with E-state index >= 15 is 0 Å². The standard InChI is InChI=1S/C15H19NO3/c1-3-10(2)14(17)16-9-12-7-5-4-6-11(12)8-13(16)15(18)19/h4-7,10,13H,3,8-9H2,1-2H3,(H,18,19). The Kier molecular flexibility index (Phi) is 3.88. The fourth-order valence-electron chi connectivity index (χ4n) is 2.43. The van der Waals surface area contributed by atoms with Gasteiger partial charge in [-0.1, -0.05) is 38.1 Å². The molecule has 0 radical (unpaired) electrons. The minimum atomic E-state index is -0.925. The molecule has 1 amide bonds. The molecule has 4 heteroatoms. The third-order valence-electron chi connectivity index (χ3n) is 3.85. The third kappa shape index (κ3) is 2.62. The van der Waals surface area contributed by atoms with E-state index < -0.39 is 12.0 Å². The third-order valence-corrected chi connectivity index (χ3v) is 3.85. The van der Waals surface area contributed by atoms with E-state index in [0.29, 0.717) is 13.0 Å². The Balaban J connectivity index is 2.31. The van der Waals surface area contributed by atoms with Crippen molar-refractivity contribution in [1.29, 1.82) is 0 Å². The van der Waals surface area contributed by atoms with Gasteiger partial charge >= 0.3 is 5.97 Å². The highest BCUT2D eigenvalue weighted by atomic mass is 16.4. The number of amides is 1. The summed E-state index contributed by atoms with van der Waals surface area (Å²) >= 11 is 0. The molecule has 1 aromatic rings. The highest BCUT2D eigenvalue weighted by Gasteiger charge is 2.35. The first-order valence-corrected chi connectivity index (χ1v) is 6.64. The lowest BCUT2D eigenvalue weighted by Crippen LogP contribution is -2.50. The van der Waals surface area contributed by atoms with Crippen molar-refractivity contribution in [3.63, 3.8) is 0 Å². The van der Waals surface area contributed by atoms with Gasteiger partial charge in [0, 0.05) is 18.9 Å². The molecule has 102 valence electrons. The van der Waals surface area contributed by atoms with Gasteiger partial charge in [0.1, 0.15) is 6.04 Å². The molecule has 4 nitrogen and oxygen atoms in total. The van der Waals surface area contributed by atoms with Crippen molar-refractivity contribution in [2.75, 3.05) is 0 Å². The predicted molar refractivity (Wildman–Crippen MR) is 71.6 cm³/mol. The van der Waals surface area contributed by atoms with Crippen molar-refractivity contribution < 1.29 is 14.7 Å². The molecule has 0 aliphatic carbocycles. The Hall–Kier alpha value is -1.84. The lowest BCUT2D eigenvalue weighted by Gasteiger charge is -2.35. The van der Waals surface area contributed by atoms with Crippen LogP contribution in [0.2, 0.25) is 0 Å². The van der Waals surface area contributed by atoms with Crippen LogP contribution in [0.15, 0.2) is 24.3 Å². The van der Waals surface area contributed by atoms with E-state index in [1.165, 1.54) is 4.90 Å². The van der Waals surface area contributed by atoms with Gasteiger partial charge < -0.3 is 10.0 Å². The van der Waals surface area contributed by atoms with Crippen LogP contribution in [-0.2, 0) is 22.6 Å². The average molecular weight is 261 g/mol. The number of rotatable bonds is 3. The minimum Gasteiger partial charge on any atom is -0.480 e. The molecular weight excluding hydrogens is 242 g/mol. The Morgan fingerprint density at radius 2 is 2.00 bits per heavy atom. The number of nitrogens with zero attached hydrogens (tertiary/aromatic N) is 1. The summed E-state index contributed by atoms with van der Waals surface area (Å²) in [6, 6.07) is 6.99. The van der Waals surface area contributed by atoms with Crippen LogP contribution in [0.25, 0.3) is 0 Å². The molecule has 0 saturated carbocycles. The first-order valence-electron chi connectivity index (χ1n) is 6.64. The number of carbonyl (C=O) groups is 2. The van der Waals surface area contributed by atoms with E-state index in [4.69, 9.17) is 0 Å². The van der Waals surface area contributed by atoms with Crippen molar-refractivity contribution >= 4 is 11.9 Å². The van der Waals surface area contributed by atoms with Crippen molar-refractivity contribution in [1.82, 2.24) is 4.90 Å². The Morgan fingerprint density at radius 3 is 2.58 bits per heavy atom. The monoisotopic (exact) mass is 261 g/mol. The highest BCUT2D eigenvalue weighted by Crippen LogP contribution is 2.25. The number of hydrogen-bond donors (Lipinski definition) is 1. The van der Waals surface area contributed by atoms with Crippen LogP contribution < -0.4 is 0 Å². The Labute approximate surface area is 113 Å². The maximum atomic E-state index is 12.3. The van der Waals surface area contributed by atoms with Gasteiger partial charge in [-0.25, -0.2) is 4.79 Å². The topological polar surface area (TPSA) is 57.6 Å². The molecule has 2 unspecified atom stereocenters. The van der Waals surface area contributed by atoms with Crippen LogP contribution in [0.3, 0.4) is 0 Å². The highest BCUT2D eigenvalue weighted by molar-refractivity contribution is 5.85. The summed E-state index contributed by atoms with van der Waals surface area (Å²) in [6.45, 7) is 4.19. The molecule has 2 atom stereocenters. The van der Waals surface area contributed by atoms with Crippen molar-refractivity contribution in [3.05, 3.63) is 35.4 Å². The molecule has 2 rings (SSSR count). The maximum absolute atomic E-state index is 12.3. The van der Waals surface area contributed by atoms with Gasteiger partial charge in [0.2, 0.25) is 5.91 Å². The second-order valence-corrected chi connectivity index (χ2v) is 5.10. The zero-order chi connectivity index (χ0) is 14.0. The van der Waals surface area contributed by atoms with Crippen LogP contribution in [0.5, 0.6) is 0 Å². The Morgan fingerprint density at radius 1 is 1.37 bits per heavy atom. The zero-order valence-electron chi connectivity index (χ0n) is 11.3. The van der Waals surface area contributed by atoms with Crippen molar-refractivity contribution in [3.8, 4) is 0 Å². The van der Waals surface area contributed by atoms with Crippen LogP contribution in [-0.4, -0.2) is 27.9 Å². The number of carbonyl (C=O) groups excluding carboxylic acids is 1. The predicted octanol–water partition coefficient (Wildman–Crippen LogP) is 2.07. The second kappa shape index (κ2) is 5.43. The minimum absolute atomic E-state index is 0.0654. The smallest absolute Gasteiger partial charge is 0.326 e. The summed E-state index contributed by atoms with van der Waals surface area (Å²) < 4.78 is 0. The van der Waals surface area contributed by atoms with Gasteiger partial charge in [-0.05, 0) is 17.5 Å². The molecule has 1 heterocycles. The molecule has 1 aliphatic heterocycles. The summed E-state index contributed by atoms with van der Waals surface area (Å²) in [5.41, 5.74) is 2.08. The molecule has 0 fully saturated rings. The van der Waals surface area contributed by atoms with E-state index in [-0.39, 0.29) is 11.8 Å². The fraction of sp³-hybridized carbons (Fsp3) is 0.467. The van der Waals surface area contributed by atoms with Crippen LogP contribution in [0.4, 0.5) is 0 Å². The summed E-state index contributed by atoms with van der Waals surface area (Å²) in [4.78, 5) is 25.2. The van der Waals surface area contributed by atoms with Gasteiger partial charge in [0.05, 0.1) is 0 Å². The summed E-state index contributed by atoms with van der Waals surface area (Å²) in [6.07, 6.45) is 1.12. The normalized spacial score (nSPS) is 19.7. The quantitative estimate of drug-likeness (QED) is 0.906. The lowest BCUT2D eigenvalue weighted by atomic mass is 9.92. The first-order chi connectivity index (χ1) is 9.04. The molecule has 0 spiro atoms. The van der Waals surface area contributed by atoms with E-state index in [0.717, 1.165) is 17.5 Å². The van der Waals surface area contributed by atoms with Gasteiger partial charge in [-0.3, -0.25) is 4.79 Å². The molecule has 0 bridgehead atoms. The summed E-state index contributed by atoms with van der Waals surface area (Å²) in [5, 5.41) is 9.34. The molecule has 19 heavy (non-hydrogen) atoms. The first kappa shape index (κ1) is 13.6. The van der Waals surface area contributed by atoms with Crippen molar-refractivity contribution in [2.24, 2.45) is 5.92 Å². The van der Waals surface area contributed by atoms with Crippen LogP contribution >= 0.6 is 0 Å². The Bertz CT molecular complexity index is 498. The second-order valence-electron chi connectivity index (χ2n) is 5.10. The summed E-state index contributed by atoms with van der Waals surface area (Å²) in [5.74, 6) is -1.12. The molecular formula is C15H19NO3. The number of benzene rings is 1. The van der Waals surface area contributed by atoms with Crippen molar-refractivity contribution in [2.45, 2.75) is 39.3 Å². The fourth-order valence-corrected chi connectivity index (χ4v) is 2.43. The number of hydrogen-bond acceptors (Lipinski definition) is 2. The number of aliphatic carboxylic acids is 1. The lowest BCUT2D eigenvalue weighted by molar-refractivity contribution is -0.153. The van der Waals surface area contributed by atoms with E-state index in [9.17, 15) is 14.7 Å². The number of carboxylic acid groups (broad SMARTS) is 1. The zero-order valence-corrected chi connectivity index (χ0v) is 11.3. The number of fused-ring (bicyclic) bond motifs is 1. The molecule has 1 aliphatic rings. The molecule has 1 aromatic carbocycles.